The van der Waals surface area contributed by atoms with Gasteiger partial charge in [0.1, 0.15) is 11.7 Å². The molecule has 2 amide bonds. The Kier molecular flexibility index (Phi) is 5.91. The molecular weight excluding hydrogens is 386 g/mol. The second kappa shape index (κ2) is 8.18. The summed E-state index contributed by atoms with van der Waals surface area (Å²) in [6, 6.07) is 9.12. The number of benzene rings is 1. The van der Waals surface area contributed by atoms with E-state index >= 15 is 0 Å². The average molecular weight is 408 g/mol. The molecule has 9 heteroatoms. The van der Waals surface area contributed by atoms with Crippen LogP contribution in [0.1, 0.15) is 28.0 Å². The van der Waals surface area contributed by atoms with Gasteiger partial charge in [-0.3, -0.25) is 9.59 Å². The zero-order chi connectivity index (χ0) is 19.4. The lowest BCUT2D eigenvalue weighted by Crippen LogP contribution is -2.51. The van der Waals surface area contributed by atoms with Crippen molar-refractivity contribution in [1.29, 1.82) is 0 Å². The average Bonchev–Trinajstić information content (AvgIpc) is 3.10. The van der Waals surface area contributed by atoms with Gasteiger partial charge in [-0.1, -0.05) is 30.3 Å². The number of thiazole rings is 1. The third kappa shape index (κ3) is 5.14. The fraction of sp³-hybridized carbons (Fsp3) is 0.389. The van der Waals surface area contributed by atoms with Crippen molar-refractivity contribution < 1.29 is 18.0 Å². The summed E-state index contributed by atoms with van der Waals surface area (Å²) in [5.41, 5.74) is 1.40. The van der Waals surface area contributed by atoms with Gasteiger partial charge in [0.15, 0.2) is 9.84 Å². The van der Waals surface area contributed by atoms with Gasteiger partial charge in [-0.05, 0) is 12.5 Å². The van der Waals surface area contributed by atoms with E-state index in [2.05, 4.69) is 10.3 Å². The van der Waals surface area contributed by atoms with Gasteiger partial charge >= 0.3 is 0 Å². The maximum atomic E-state index is 12.4. The van der Waals surface area contributed by atoms with Crippen molar-refractivity contribution in [3.63, 3.8) is 0 Å². The minimum atomic E-state index is -3.05. The maximum absolute atomic E-state index is 12.4. The predicted molar refractivity (Wildman–Crippen MR) is 104 cm³/mol. The summed E-state index contributed by atoms with van der Waals surface area (Å²) >= 11 is 1.40. The van der Waals surface area contributed by atoms with Crippen molar-refractivity contribution in [1.82, 2.24) is 15.2 Å². The minimum Gasteiger partial charge on any atom is -0.339 e. The van der Waals surface area contributed by atoms with E-state index in [0.29, 0.717) is 6.42 Å². The first-order chi connectivity index (χ1) is 12.8. The van der Waals surface area contributed by atoms with Gasteiger partial charge in [0, 0.05) is 24.9 Å². The molecular formula is C18H21N3O4S2. The lowest BCUT2D eigenvalue weighted by molar-refractivity contribution is -0.132. The Morgan fingerprint density at radius 2 is 1.89 bits per heavy atom. The van der Waals surface area contributed by atoms with Gasteiger partial charge in [-0.25, -0.2) is 13.4 Å². The van der Waals surface area contributed by atoms with Gasteiger partial charge in [0.05, 0.1) is 16.5 Å². The van der Waals surface area contributed by atoms with Crippen LogP contribution in [0.4, 0.5) is 0 Å². The van der Waals surface area contributed by atoms with E-state index in [1.54, 1.807) is 12.3 Å². The van der Waals surface area contributed by atoms with Crippen LogP contribution in [-0.4, -0.2) is 60.8 Å². The van der Waals surface area contributed by atoms with Gasteiger partial charge < -0.3 is 10.2 Å². The fourth-order valence-electron chi connectivity index (χ4n) is 2.81. The van der Waals surface area contributed by atoms with E-state index in [1.807, 2.05) is 30.3 Å². The summed E-state index contributed by atoms with van der Waals surface area (Å²) in [5, 5.41) is 5.16. The number of carbonyl (C=O) groups is 2. The number of rotatable bonds is 5. The summed E-state index contributed by atoms with van der Waals surface area (Å²) in [4.78, 5) is 30.6. The normalized spacial score (nSPS) is 17.3. The zero-order valence-electron chi connectivity index (χ0n) is 14.9. The summed E-state index contributed by atoms with van der Waals surface area (Å²) < 4.78 is 22.9. The van der Waals surface area contributed by atoms with Crippen LogP contribution < -0.4 is 5.32 Å². The Morgan fingerprint density at radius 3 is 2.56 bits per heavy atom. The Balaban J connectivity index is 1.56. The highest BCUT2D eigenvalue weighted by Crippen LogP contribution is 2.15. The standard InChI is InChI=1S/C18H21N3O4S2/c1-13(18(23)21-7-9-27(24,25)10-8-21)19-17(22)15-12-26-16(20-15)11-14-5-3-2-4-6-14/h2-6,12-13H,7-11H2,1H3,(H,19,22). The number of sulfone groups is 1. The Bertz CT molecular complexity index is 911. The molecule has 0 bridgehead atoms. The quantitative estimate of drug-likeness (QED) is 0.801. The fourth-order valence-corrected chi connectivity index (χ4v) is 4.82. The van der Waals surface area contributed by atoms with Crippen molar-refractivity contribution in [2.75, 3.05) is 24.6 Å². The number of aromatic nitrogens is 1. The molecule has 0 saturated carbocycles. The lowest BCUT2D eigenvalue weighted by atomic mass is 10.2. The van der Waals surface area contributed by atoms with Crippen molar-refractivity contribution in [3.05, 3.63) is 52.0 Å². The van der Waals surface area contributed by atoms with Crippen LogP contribution in [0.5, 0.6) is 0 Å². The first-order valence-corrected chi connectivity index (χ1v) is 11.3. The van der Waals surface area contributed by atoms with E-state index in [4.69, 9.17) is 0 Å². The van der Waals surface area contributed by atoms with Crippen LogP contribution in [0.25, 0.3) is 0 Å². The molecule has 3 rings (SSSR count). The number of hydrogen-bond donors (Lipinski definition) is 1. The molecule has 1 aromatic heterocycles. The van der Waals surface area contributed by atoms with Crippen LogP contribution in [0, 0.1) is 0 Å². The third-order valence-corrected chi connectivity index (χ3v) is 6.81. The molecule has 1 aliphatic rings. The second-order valence-corrected chi connectivity index (χ2v) is 9.71. The van der Waals surface area contributed by atoms with Crippen LogP contribution >= 0.6 is 11.3 Å². The minimum absolute atomic E-state index is 0.0334. The maximum Gasteiger partial charge on any atom is 0.271 e. The SMILES string of the molecule is CC(NC(=O)c1csc(Cc2ccccc2)n1)C(=O)N1CCS(=O)(=O)CC1. The summed E-state index contributed by atoms with van der Waals surface area (Å²) in [5.74, 6) is -0.753. The molecule has 7 nitrogen and oxygen atoms in total. The zero-order valence-corrected chi connectivity index (χ0v) is 16.6. The highest BCUT2D eigenvalue weighted by molar-refractivity contribution is 7.91. The first kappa shape index (κ1) is 19.5. The molecule has 0 spiro atoms. The van der Waals surface area contributed by atoms with E-state index in [1.165, 1.54) is 16.2 Å². The molecule has 1 aromatic carbocycles. The first-order valence-electron chi connectivity index (χ1n) is 8.62. The Hall–Kier alpha value is -2.26. The monoisotopic (exact) mass is 407 g/mol. The van der Waals surface area contributed by atoms with E-state index < -0.39 is 21.8 Å². The lowest BCUT2D eigenvalue weighted by Gasteiger charge is -2.29. The molecule has 144 valence electrons. The van der Waals surface area contributed by atoms with Crippen LogP contribution in [0.3, 0.4) is 0 Å². The van der Waals surface area contributed by atoms with Gasteiger partial charge in [0.2, 0.25) is 5.91 Å². The molecule has 1 fully saturated rings. The topological polar surface area (TPSA) is 96.4 Å². The molecule has 1 aliphatic heterocycles. The van der Waals surface area contributed by atoms with Gasteiger partial charge in [0.25, 0.3) is 5.91 Å². The summed E-state index contributed by atoms with van der Waals surface area (Å²) in [6.45, 7) is 1.93. The Morgan fingerprint density at radius 1 is 1.22 bits per heavy atom. The molecule has 27 heavy (non-hydrogen) atoms. The second-order valence-electron chi connectivity index (χ2n) is 6.46. The largest absolute Gasteiger partial charge is 0.339 e. The van der Waals surface area contributed by atoms with E-state index in [0.717, 1.165) is 10.6 Å². The number of amides is 2. The molecule has 2 heterocycles. The number of carbonyl (C=O) groups excluding carboxylic acids is 2. The highest BCUT2D eigenvalue weighted by atomic mass is 32.2. The van der Waals surface area contributed by atoms with Crippen LogP contribution in [0.2, 0.25) is 0 Å². The smallest absolute Gasteiger partial charge is 0.271 e. The summed E-state index contributed by atoms with van der Waals surface area (Å²) in [7, 11) is -3.05. The molecule has 0 radical (unpaired) electrons. The van der Waals surface area contributed by atoms with Gasteiger partial charge in [-0.15, -0.1) is 11.3 Å². The molecule has 1 N–H and O–H groups in total. The molecule has 0 aliphatic carbocycles. The van der Waals surface area contributed by atoms with E-state index in [9.17, 15) is 18.0 Å². The number of hydrogen-bond acceptors (Lipinski definition) is 6. The molecule has 2 aromatic rings. The van der Waals surface area contributed by atoms with Crippen molar-refractivity contribution in [2.24, 2.45) is 0 Å². The third-order valence-electron chi connectivity index (χ3n) is 4.36. The summed E-state index contributed by atoms with van der Waals surface area (Å²) in [6.07, 6.45) is 0.648. The van der Waals surface area contributed by atoms with Crippen molar-refractivity contribution in [3.8, 4) is 0 Å². The number of nitrogens with zero attached hydrogens (tertiary/aromatic N) is 2. The van der Waals surface area contributed by atoms with Crippen molar-refractivity contribution >= 4 is 33.0 Å². The van der Waals surface area contributed by atoms with Gasteiger partial charge in [-0.2, -0.15) is 0 Å². The molecule has 1 atom stereocenters. The van der Waals surface area contributed by atoms with E-state index in [-0.39, 0.29) is 36.2 Å². The molecule has 1 unspecified atom stereocenters. The molecule has 1 saturated heterocycles. The number of nitrogens with one attached hydrogen (secondary N) is 1. The van der Waals surface area contributed by atoms with Crippen molar-refractivity contribution in [2.45, 2.75) is 19.4 Å². The van der Waals surface area contributed by atoms with Crippen LogP contribution in [-0.2, 0) is 21.1 Å². The van der Waals surface area contributed by atoms with Crippen LogP contribution in [0.15, 0.2) is 35.7 Å². The predicted octanol–water partition coefficient (Wildman–Crippen LogP) is 1.11. The Labute approximate surface area is 162 Å². The highest BCUT2D eigenvalue weighted by Gasteiger charge is 2.28.